The van der Waals surface area contributed by atoms with E-state index in [0.717, 1.165) is 45.4 Å². The SMILES string of the molecule is CCCC1CC(CN)(N2CCc3ccccc32)CCO1. The zero-order chi connectivity index (χ0) is 14.0. The molecule has 2 N–H and O–H groups in total. The predicted molar refractivity (Wildman–Crippen MR) is 83.2 cm³/mol. The van der Waals surface area contributed by atoms with Crippen LogP contribution in [0.1, 0.15) is 38.2 Å². The molecule has 3 nitrogen and oxygen atoms in total. The van der Waals surface area contributed by atoms with E-state index in [1.807, 2.05) is 0 Å². The fourth-order valence-electron chi connectivity index (χ4n) is 3.88. The molecule has 2 unspecified atom stereocenters. The largest absolute Gasteiger partial charge is 0.378 e. The summed E-state index contributed by atoms with van der Waals surface area (Å²) in [6.45, 7) is 4.91. The summed E-state index contributed by atoms with van der Waals surface area (Å²) >= 11 is 0. The lowest BCUT2D eigenvalue weighted by atomic mass is 9.83. The summed E-state index contributed by atoms with van der Waals surface area (Å²) in [5.41, 5.74) is 9.21. The zero-order valence-electron chi connectivity index (χ0n) is 12.5. The predicted octanol–water partition coefficient (Wildman–Crippen LogP) is 2.73. The van der Waals surface area contributed by atoms with Crippen LogP contribution in [-0.4, -0.2) is 31.3 Å². The minimum atomic E-state index is 0.102. The molecular weight excluding hydrogens is 248 g/mol. The average molecular weight is 274 g/mol. The van der Waals surface area contributed by atoms with Crippen molar-refractivity contribution in [2.75, 3.05) is 24.6 Å². The highest BCUT2D eigenvalue weighted by atomic mass is 16.5. The summed E-state index contributed by atoms with van der Waals surface area (Å²) in [7, 11) is 0. The van der Waals surface area contributed by atoms with Crippen LogP contribution in [0.5, 0.6) is 0 Å². The molecule has 0 aromatic heterocycles. The van der Waals surface area contributed by atoms with Crippen molar-refractivity contribution in [2.24, 2.45) is 5.73 Å². The third-order valence-corrected chi connectivity index (χ3v) is 4.98. The molecule has 0 bridgehead atoms. The van der Waals surface area contributed by atoms with Crippen LogP contribution >= 0.6 is 0 Å². The van der Waals surface area contributed by atoms with Gasteiger partial charge in [-0.2, -0.15) is 0 Å². The highest BCUT2D eigenvalue weighted by Crippen LogP contribution is 2.39. The van der Waals surface area contributed by atoms with Crippen molar-refractivity contribution in [3.63, 3.8) is 0 Å². The molecule has 1 saturated heterocycles. The van der Waals surface area contributed by atoms with E-state index in [0.29, 0.717) is 6.10 Å². The van der Waals surface area contributed by atoms with Gasteiger partial charge >= 0.3 is 0 Å². The quantitative estimate of drug-likeness (QED) is 0.917. The second-order valence-corrected chi connectivity index (χ2v) is 6.19. The first-order chi connectivity index (χ1) is 9.79. The Morgan fingerprint density at radius 1 is 1.40 bits per heavy atom. The van der Waals surface area contributed by atoms with Gasteiger partial charge in [0.25, 0.3) is 0 Å². The second kappa shape index (κ2) is 5.74. The Balaban J connectivity index is 1.86. The standard InChI is InChI=1S/C17H26N2O/c1-2-5-15-12-17(13-18,9-11-20-15)19-10-8-14-6-3-4-7-16(14)19/h3-4,6-7,15H,2,5,8-13,18H2,1H3. The molecule has 110 valence electrons. The van der Waals surface area contributed by atoms with Crippen LogP contribution in [0.15, 0.2) is 24.3 Å². The molecule has 1 aromatic carbocycles. The van der Waals surface area contributed by atoms with Gasteiger partial charge in [0.15, 0.2) is 0 Å². The van der Waals surface area contributed by atoms with Gasteiger partial charge in [0.1, 0.15) is 0 Å². The zero-order valence-corrected chi connectivity index (χ0v) is 12.5. The van der Waals surface area contributed by atoms with Crippen LogP contribution < -0.4 is 10.6 Å². The van der Waals surface area contributed by atoms with Gasteiger partial charge in [-0.3, -0.25) is 0 Å². The molecule has 1 aromatic rings. The van der Waals surface area contributed by atoms with E-state index in [1.54, 1.807) is 0 Å². The van der Waals surface area contributed by atoms with Crippen molar-refractivity contribution in [1.29, 1.82) is 0 Å². The van der Waals surface area contributed by atoms with Gasteiger partial charge < -0.3 is 15.4 Å². The van der Waals surface area contributed by atoms with Gasteiger partial charge in [-0.25, -0.2) is 0 Å². The number of benzene rings is 1. The molecule has 0 radical (unpaired) electrons. The number of rotatable bonds is 4. The van der Waals surface area contributed by atoms with Gasteiger partial charge in [0.2, 0.25) is 0 Å². The van der Waals surface area contributed by atoms with Crippen LogP contribution in [0.3, 0.4) is 0 Å². The third-order valence-electron chi connectivity index (χ3n) is 4.98. The van der Waals surface area contributed by atoms with E-state index in [9.17, 15) is 0 Å². The molecule has 3 heteroatoms. The lowest BCUT2D eigenvalue weighted by Crippen LogP contribution is -2.58. The fraction of sp³-hybridized carbons (Fsp3) is 0.647. The molecule has 0 saturated carbocycles. The van der Waals surface area contributed by atoms with Gasteiger partial charge in [-0.15, -0.1) is 0 Å². The number of nitrogens with zero attached hydrogens (tertiary/aromatic N) is 1. The highest BCUT2D eigenvalue weighted by Gasteiger charge is 2.42. The van der Waals surface area contributed by atoms with Crippen molar-refractivity contribution in [3.8, 4) is 0 Å². The molecule has 2 atom stereocenters. The molecule has 0 amide bonds. The molecular formula is C17H26N2O. The number of hydrogen-bond acceptors (Lipinski definition) is 3. The molecule has 0 aliphatic carbocycles. The second-order valence-electron chi connectivity index (χ2n) is 6.19. The minimum absolute atomic E-state index is 0.102. The first kappa shape index (κ1) is 13.9. The summed E-state index contributed by atoms with van der Waals surface area (Å²) in [5, 5.41) is 0. The maximum Gasteiger partial charge on any atom is 0.0597 e. The molecule has 20 heavy (non-hydrogen) atoms. The number of hydrogen-bond donors (Lipinski definition) is 1. The van der Waals surface area contributed by atoms with Crippen LogP contribution in [0.25, 0.3) is 0 Å². The van der Waals surface area contributed by atoms with Gasteiger partial charge in [0.05, 0.1) is 11.6 Å². The van der Waals surface area contributed by atoms with E-state index in [1.165, 1.54) is 17.7 Å². The minimum Gasteiger partial charge on any atom is -0.378 e. The van der Waals surface area contributed by atoms with Crippen molar-refractivity contribution in [2.45, 2.75) is 50.7 Å². The molecule has 2 aliphatic heterocycles. The van der Waals surface area contributed by atoms with E-state index in [-0.39, 0.29) is 5.54 Å². The summed E-state index contributed by atoms with van der Waals surface area (Å²) in [5.74, 6) is 0. The maximum atomic E-state index is 6.24. The van der Waals surface area contributed by atoms with Crippen LogP contribution in [0, 0.1) is 0 Å². The van der Waals surface area contributed by atoms with Crippen LogP contribution in [0.4, 0.5) is 5.69 Å². The van der Waals surface area contributed by atoms with Crippen LogP contribution in [-0.2, 0) is 11.2 Å². The molecule has 0 spiro atoms. The fourth-order valence-corrected chi connectivity index (χ4v) is 3.88. The Bertz CT molecular complexity index is 460. The van der Waals surface area contributed by atoms with Crippen LogP contribution in [0.2, 0.25) is 0 Å². The van der Waals surface area contributed by atoms with Crippen molar-refractivity contribution in [1.82, 2.24) is 0 Å². The molecule has 3 rings (SSSR count). The third kappa shape index (κ3) is 2.33. The summed E-state index contributed by atoms with van der Waals surface area (Å²) in [6, 6.07) is 8.79. The number of fused-ring (bicyclic) bond motifs is 1. The number of nitrogens with two attached hydrogens (primary N) is 1. The highest BCUT2D eigenvalue weighted by molar-refractivity contribution is 5.60. The lowest BCUT2D eigenvalue weighted by molar-refractivity contribution is -0.0223. The Kier molecular flexibility index (Phi) is 3.99. The van der Waals surface area contributed by atoms with Gasteiger partial charge in [-0.05, 0) is 37.3 Å². The van der Waals surface area contributed by atoms with E-state index in [2.05, 4.69) is 36.1 Å². The first-order valence-corrected chi connectivity index (χ1v) is 7.96. The molecule has 2 heterocycles. The maximum absolute atomic E-state index is 6.24. The van der Waals surface area contributed by atoms with Gasteiger partial charge in [-0.1, -0.05) is 31.5 Å². The lowest BCUT2D eigenvalue weighted by Gasteiger charge is -2.48. The topological polar surface area (TPSA) is 38.5 Å². The summed E-state index contributed by atoms with van der Waals surface area (Å²) in [6.07, 6.45) is 5.99. The Labute approximate surface area is 122 Å². The van der Waals surface area contributed by atoms with E-state index < -0.39 is 0 Å². The Morgan fingerprint density at radius 2 is 2.25 bits per heavy atom. The average Bonchev–Trinajstić information content (AvgIpc) is 2.92. The van der Waals surface area contributed by atoms with Crippen molar-refractivity contribution in [3.05, 3.63) is 29.8 Å². The Hall–Kier alpha value is -1.06. The number of ether oxygens (including phenoxy) is 1. The number of anilines is 1. The first-order valence-electron chi connectivity index (χ1n) is 7.96. The smallest absolute Gasteiger partial charge is 0.0597 e. The van der Waals surface area contributed by atoms with Crippen molar-refractivity contribution < 1.29 is 4.74 Å². The summed E-state index contributed by atoms with van der Waals surface area (Å²) < 4.78 is 5.94. The van der Waals surface area contributed by atoms with Crippen molar-refractivity contribution >= 4 is 5.69 Å². The number of para-hydroxylation sites is 1. The summed E-state index contributed by atoms with van der Waals surface area (Å²) in [4.78, 5) is 2.58. The van der Waals surface area contributed by atoms with Gasteiger partial charge in [0, 0.05) is 25.4 Å². The monoisotopic (exact) mass is 274 g/mol. The van der Waals surface area contributed by atoms with E-state index >= 15 is 0 Å². The van der Waals surface area contributed by atoms with E-state index in [4.69, 9.17) is 10.5 Å². The molecule has 1 fully saturated rings. The normalized spacial score (nSPS) is 29.5. The Morgan fingerprint density at radius 3 is 3.05 bits per heavy atom. The molecule has 2 aliphatic rings.